The van der Waals surface area contributed by atoms with E-state index in [-0.39, 0.29) is 12.1 Å². The third kappa shape index (κ3) is 2.51. The molecule has 0 radical (unpaired) electrons. The van der Waals surface area contributed by atoms with E-state index in [9.17, 15) is 0 Å². The number of imidazole rings is 1. The van der Waals surface area contributed by atoms with Crippen LogP contribution in [-0.2, 0) is 11.8 Å². The zero-order valence-electron chi connectivity index (χ0n) is 10.8. The van der Waals surface area contributed by atoms with Crippen LogP contribution in [0.5, 0.6) is 0 Å². The number of ether oxygens (including phenoxy) is 1. The topological polar surface area (TPSA) is 56.3 Å². The maximum atomic E-state index is 5.95. The smallest absolute Gasteiger partial charge is 0.0946 e. The zero-order valence-corrected chi connectivity index (χ0v) is 10.8. The SMILES string of the molecule is CC1CN(C(CN)c2cncn2C)C(C)CO1. The molecule has 0 bridgehead atoms. The van der Waals surface area contributed by atoms with E-state index in [0.717, 1.165) is 13.2 Å². The summed E-state index contributed by atoms with van der Waals surface area (Å²) in [6.07, 6.45) is 4.00. The second-order valence-electron chi connectivity index (χ2n) is 4.87. The van der Waals surface area contributed by atoms with Gasteiger partial charge in [0.1, 0.15) is 0 Å². The lowest BCUT2D eigenvalue weighted by Crippen LogP contribution is -2.50. The summed E-state index contributed by atoms with van der Waals surface area (Å²) in [4.78, 5) is 6.60. The van der Waals surface area contributed by atoms with Crippen LogP contribution in [-0.4, -0.2) is 46.3 Å². The van der Waals surface area contributed by atoms with Gasteiger partial charge >= 0.3 is 0 Å². The lowest BCUT2D eigenvalue weighted by atomic mass is 10.1. The molecule has 1 fully saturated rings. The quantitative estimate of drug-likeness (QED) is 0.834. The van der Waals surface area contributed by atoms with E-state index in [4.69, 9.17) is 10.5 Å². The highest BCUT2D eigenvalue weighted by molar-refractivity contribution is 5.07. The Morgan fingerprint density at radius 2 is 2.35 bits per heavy atom. The molecule has 0 aromatic carbocycles. The molecule has 2 rings (SSSR count). The second-order valence-corrected chi connectivity index (χ2v) is 4.87. The van der Waals surface area contributed by atoms with E-state index < -0.39 is 0 Å². The lowest BCUT2D eigenvalue weighted by molar-refractivity contribution is -0.0663. The Morgan fingerprint density at radius 3 is 2.94 bits per heavy atom. The highest BCUT2D eigenvalue weighted by Crippen LogP contribution is 2.24. The molecule has 0 spiro atoms. The standard InChI is InChI=1S/C12H22N4O/c1-9-7-17-10(2)6-16(9)11(4-13)12-5-14-8-15(12)3/h5,8-11H,4,6-7,13H2,1-3H3. The van der Waals surface area contributed by atoms with Crippen molar-refractivity contribution in [3.8, 4) is 0 Å². The van der Waals surface area contributed by atoms with E-state index in [1.807, 2.05) is 24.1 Å². The summed E-state index contributed by atoms with van der Waals surface area (Å²) < 4.78 is 7.70. The minimum atomic E-state index is 0.226. The van der Waals surface area contributed by atoms with Crippen LogP contribution in [0.1, 0.15) is 25.6 Å². The van der Waals surface area contributed by atoms with Gasteiger partial charge in [0, 0.05) is 32.4 Å². The summed E-state index contributed by atoms with van der Waals surface area (Å²) in [5.41, 5.74) is 7.12. The van der Waals surface area contributed by atoms with Gasteiger partial charge in [-0.3, -0.25) is 4.90 Å². The molecule has 2 N–H and O–H groups in total. The minimum Gasteiger partial charge on any atom is -0.376 e. The monoisotopic (exact) mass is 238 g/mol. The van der Waals surface area contributed by atoms with Gasteiger partial charge in [0.15, 0.2) is 0 Å². The molecule has 17 heavy (non-hydrogen) atoms. The van der Waals surface area contributed by atoms with Crippen molar-refractivity contribution in [1.82, 2.24) is 14.5 Å². The Bertz CT molecular complexity index is 365. The van der Waals surface area contributed by atoms with Crippen LogP contribution in [0.4, 0.5) is 0 Å². The van der Waals surface area contributed by atoms with Crippen LogP contribution in [0, 0.1) is 0 Å². The predicted molar refractivity (Wildman–Crippen MR) is 66.6 cm³/mol. The highest BCUT2D eigenvalue weighted by atomic mass is 16.5. The first-order chi connectivity index (χ1) is 8.13. The summed E-state index contributed by atoms with van der Waals surface area (Å²) in [5.74, 6) is 0. The van der Waals surface area contributed by atoms with Crippen LogP contribution < -0.4 is 5.73 Å². The first kappa shape index (κ1) is 12.5. The average molecular weight is 238 g/mol. The Kier molecular flexibility index (Phi) is 3.81. The third-order valence-electron chi connectivity index (χ3n) is 3.47. The van der Waals surface area contributed by atoms with Crippen molar-refractivity contribution in [3.63, 3.8) is 0 Å². The predicted octanol–water partition coefficient (Wildman–Crippen LogP) is 0.529. The average Bonchev–Trinajstić information content (AvgIpc) is 2.71. The van der Waals surface area contributed by atoms with Gasteiger partial charge in [0.2, 0.25) is 0 Å². The fraction of sp³-hybridized carbons (Fsp3) is 0.750. The van der Waals surface area contributed by atoms with Gasteiger partial charge in [0.05, 0.1) is 30.8 Å². The number of hydrogen-bond donors (Lipinski definition) is 1. The fourth-order valence-corrected chi connectivity index (χ4v) is 2.48. The van der Waals surface area contributed by atoms with Crippen molar-refractivity contribution in [2.45, 2.75) is 32.0 Å². The van der Waals surface area contributed by atoms with E-state index >= 15 is 0 Å². The molecule has 1 aliphatic rings. The lowest BCUT2D eigenvalue weighted by Gasteiger charge is -2.41. The number of hydrogen-bond acceptors (Lipinski definition) is 4. The van der Waals surface area contributed by atoms with Crippen molar-refractivity contribution < 1.29 is 4.74 Å². The third-order valence-corrected chi connectivity index (χ3v) is 3.47. The van der Waals surface area contributed by atoms with Gasteiger partial charge in [-0.1, -0.05) is 0 Å². The molecule has 0 saturated carbocycles. The van der Waals surface area contributed by atoms with Crippen molar-refractivity contribution >= 4 is 0 Å². The van der Waals surface area contributed by atoms with Crippen LogP contribution in [0.15, 0.2) is 12.5 Å². The van der Waals surface area contributed by atoms with Gasteiger partial charge < -0.3 is 15.0 Å². The van der Waals surface area contributed by atoms with Crippen LogP contribution in [0.25, 0.3) is 0 Å². The Morgan fingerprint density at radius 1 is 1.59 bits per heavy atom. The van der Waals surface area contributed by atoms with Gasteiger partial charge in [-0.05, 0) is 13.8 Å². The number of nitrogens with zero attached hydrogens (tertiary/aromatic N) is 3. The molecule has 1 aromatic heterocycles. The Balaban J connectivity index is 2.20. The molecule has 0 amide bonds. The molecule has 3 atom stereocenters. The normalized spacial score (nSPS) is 28.2. The van der Waals surface area contributed by atoms with Gasteiger partial charge in [0.25, 0.3) is 0 Å². The van der Waals surface area contributed by atoms with Crippen molar-refractivity contribution in [1.29, 1.82) is 0 Å². The first-order valence-electron chi connectivity index (χ1n) is 6.17. The van der Waals surface area contributed by atoms with Gasteiger partial charge in [-0.2, -0.15) is 0 Å². The molecule has 1 aromatic rings. The molecular formula is C12H22N4O. The molecule has 2 heterocycles. The number of morpholine rings is 1. The van der Waals surface area contributed by atoms with Gasteiger partial charge in [-0.15, -0.1) is 0 Å². The van der Waals surface area contributed by atoms with E-state index in [2.05, 4.69) is 23.7 Å². The molecule has 1 saturated heterocycles. The molecule has 1 aliphatic heterocycles. The second kappa shape index (κ2) is 5.16. The fourth-order valence-electron chi connectivity index (χ4n) is 2.48. The van der Waals surface area contributed by atoms with Crippen molar-refractivity contribution in [2.24, 2.45) is 12.8 Å². The minimum absolute atomic E-state index is 0.226. The summed E-state index contributed by atoms with van der Waals surface area (Å²) in [7, 11) is 2.01. The van der Waals surface area contributed by atoms with E-state index in [1.165, 1.54) is 5.69 Å². The molecule has 5 heteroatoms. The molecule has 5 nitrogen and oxygen atoms in total. The molecule has 0 aliphatic carbocycles. The number of aromatic nitrogens is 2. The largest absolute Gasteiger partial charge is 0.376 e. The summed E-state index contributed by atoms with van der Waals surface area (Å²) in [5, 5.41) is 0. The maximum absolute atomic E-state index is 5.95. The number of aryl methyl sites for hydroxylation is 1. The van der Waals surface area contributed by atoms with Crippen LogP contribution in [0.2, 0.25) is 0 Å². The Labute approximate surface area is 103 Å². The van der Waals surface area contributed by atoms with Gasteiger partial charge in [-0.25, -0.2) is 4.98 Å². The summed E-state index contributed by atoms with van der Waals surface area (Å²) in [6, 6.07) is 0.624. The number of nitrogens with two attached hydrogens (primary N) is 1. The first-order valence-corrected chi connectivity index (χ1v) is 6.17. The van der Waals surface area contributed by atoms with E-state index in [0.29, 0.717) is 12.6 Å². The Hall–Kier alpha value is -0.910. The zero-order chi connectivity index (χ0) is 12.4. The molecular weight excluding hydrogens is 216 g/mol. The molecule has 96 valence electrons. The van der Waals surface area contributed by atoms with Crippen molar-refractivity contribution in [3.05, 3.63) is 18.2 Å². The maximum Gasteiger partial charge on any atom is 0.0946 e. The number of rotatable bonds is 3. The molecule has 3 unspecified atom stereocenters. The highest BCUT2D eigenvalue weighted by Gasteiger charge is 2.30. The van der Waals surface area contributed by atoms with Crippen LogP contribution in [0.3, 0.4) is 0 Å². The van der Waals surface area contributed by atoms with Crippen molar-refractivity contribution in [2.75, 3.05) is 19.7 Å². The summed E-state index contributed by atoms with van der Waals surface area (Å²) in [6.45, 7) is 6.60. The van der Waals surface area contributed by atoms with Crippen LogP contribution >= 0.6 is 0 Å². The van der Waals surface area contributed by atoms with E-state index in [1.54, 1.807) is 0 Å². The summed E-state index contributed by atoms with van der Waals surface area (Å²) >= 11 is 0.